The van der Waals surface area contributed by atoms with Crippen LogP contribution in [0.15, 0.2) is 48.5 Å². The molecule has 0 radical (unpaired) electrons. The molecule has 0 fully saturated rings. The van der Waals surface area contributed by atoms with Gasteiger partial charge in [0, 0.05) is 0 Å². The van der Waals surface area contributed by atoms with Gasteiger partial charge >= 0.3 is 5.97 Å². The summed E-state index contributed by atoms with van der Waals surface area (Å²) < 4.78 is 5.18. The van der Waals surface area contributed by atoms with Gasteiger partial charge in [0.1, 0.15) is 5.92 Å². The summed E-state index contributed by atoms with van der Waals surface area (Å²) in [4.78, 5) is 25.3. The number of carbonyl (C=O) groups excluding carboxylic acids is 2. The maximum absolute atomic E-state index is 12.9. The quantitative estimate of drug-likeness (QED) is 0.422. The Labute approximate surface area is 145 Å². The van der Waals surface area contributed by atoms with Gasteiger partial charge in [0.2, 0.25) is 0 Å². The monoisotopic (exact) mass is 350 g/mol. The van der Waals surface area contributed by atoms with E-state index < -0.39 is 17.7 Å². The van der Waals surface area contributed by atoms with E-state index in [0.717, 1.165) is 0 Å². The predicted octanol–water partition coefficient (Wildman–Crippen LogP) is 4.91. The molecule has 5 heteroatoms. The van der Waals surface area contributed by atoms with Gasteiger partial charge in [-0.05, 0) is 24.1 Å². The molecule has 0 saturated carbocycles. The van der Waals surface area contributed by atoms with Crippen molar-refractivity contribution in [3.05, 3.63) is 69.7 Å². The Morgan fingerprint density at radius 2 is 1.61 bits per heavy atom. The van der Waals surface area contributed by atoms with E-state index >= 15 is 0 Å². The molecule has 0 amide bonds. The third kappa shape index (κ3) is 4.12. The number of hydrogen-bond donors (Lipinski definition) is 0. The van der Waals surface area contributed by atoms with Crippen molar-refractivity contribution < 1.29 is 14.3 Å². The van der Waals surface area contributed by atoms with Crippen molar-refractivity contribution in [1.29, 1.82) is 0 Å². The fourth-order valence-electron chi connectivity index (χ4n) is 2.20. The second kappa shape index (κ2) is 8.14. The first kappa shape index (κ1) is 17.5. The van der Waals surface area contributed by atoms with E-state index in [-0.39, 0.29) is 22.2 Å². The summed E-state index contributed by atoms with van der Waals surface area (Å²) in [5.41, 5.74) is 0.688. The molecule has 23 heavy (non-hydrogen) atoms. The van der Waals surface area contributed by atoms with Gasteiger partial charge in [0.05, 0.1) is 22.2 Å². The minimum atomic E-state index is -1.08. The number of rotatable bonds is 6. The Balaban J connectivity index is 2.45. The SMILES string of the molecule is CCCOC(=O)C(C(=O)c1c(Cl)cccc1Cl)c1ccccc1. The Bertz CT molecular complexity index is 678. The summed E-state index contributed by atoms with van der Waals surface area (Å²) in [6.45, 7) is 2.14. The van der Waals surface area contributed by atoms with Gasteiger partial charge in [-0.1, -0.05) is 66.5 Å². The minimum Gasteiger partial charge on any atom is -0.465 e. The zero-order valence-electron chi connectivity index (χ0n) is 12.6. The standard InChI is InChI=1S/C18H16Cl2O3/c1-2-11-23-18(22)15(12-7-4-3-5-8-12)17(21)16-13(19)9-6-10-14(16)20/h3-10,15H,2,11H2,1H3. The van der Waals surface area contributed by atoms with Gasteiger partial charge in [-0.15, -0.1) is 0 Å². The largest absolute Gasteiger partial charge is 0.465 e. The van der Waals surface area contributed by atoms with Crippen LogP contribution in [-0.4, -0.2) is 18.4 Å². The maximum Gasteiger partial charge on any atom is 0.321 e. The average Bonchev–Trinajstić information content (AvgIpc) is 2.54. The van der Waals surface area contributed by atoms with Crippen LogP contribution in [0.4, 0.5) is 0 Å². The van der Waals surface area contributed by atoms with Gasteiger partial charge < -0.3 is 4.74 Å². The molecule has 0 aromatic heterocycles. The molecule has 1 atom stereocenters. The number of esters is 1. The summed E-state index contributed by atoms with van der Waals surface area (Å²) in [6, 6.07) is 13.5. The molecule has 0 spiro atoms. The molecule has 0 bridgehead atoms. The number of ketones is 1. The summed E-state index contributed by atoms with van der Waals surface area (Å²) >= 11 is 12.2. The number of carbonyl (C=O) groups is 2. The molecular formula is C18H16Cl2O3. The molecule has 2 aromatic rings. The lowest BCUT2D eigenvalue weighted by Crippen LogP contribution is -2.25. The number of Topliss-reactive ketones (excluding diaryl/α,β-unsaturated/α-hetero) is 1. The lowest BCUT2D eigenvalue weighted by Gasteiger charge is -2.17. The molecule has 3 nitrogen and oxygen atoms in total. The molecular weight excluding hydrogens is 335 g/mol. The van der Waals surface area contributed by atoms with Crippen molar-refractivity contribution in [2.75, 3.05) is 6.61 Å². The fraction of sp³-hybridized carbons (Fsp3) is 0.222. The van der Waals surface area contributed by atoms with Crippen LogP contribution in [0.25, 0.3) is 0 Å². The molecule has 0 heterocycles. The lowest BCUT2D eigenvalue weighted by atomic mass is 9.90. The topological polar surface area (TPSA) is 43.4 Å². The van der Waals surface area contributed by atoms with Gasteiger partial charge in [-0.25, -0.2) is 0 Å². The van der Waals surface area contributed by atoms with Crippen LogP contribution in [0.3, 0.4) is 0 Å². The van der Waals surface area contributed by atoms with E-state index in [1.54, 1.807) is 42.5 Å². The smallest absolute Gasteiger partial charge is 0.321 e. The van der Waals surface area contributed by atoms with E-state index in [1.165, 1.54) is 0 Å². The zero-order valence-corrected chi connectivity index (χ0v) is 14.1. The second-order valence-electron chi connectivity index (χ2n) is 4.97. The first-order valence-electron chi connectivity index (χ1n) is 7.26. The summed E-state index contributed by atoms with van der Waals surface area (Å²) in [7, 11) is 0. The van der Waals surface area contributed by atoms with Crippen LogP contribution in [-0.2, 0) is 9.53 Å². The first-order valence-corrected chi connectivity index (χ1v) is 8.01. The summed E-state index contributed by atoms with van der Waals surface area (Å²) in [6.07, 6.45) is 0.675. The Kier molecular flexibility index (Phi) is 6.20. The molecule has 120 valence electrons. The number of halogens is 2. The van der Waals surface area contributed by atoms with Crippen molar-refractivity contribution in [2.24, 2.45) is 0 Å². The first-order chi connectivity index (χ1) is 11.1. The van der Waals surface area contributed by atoms with Crippen LogP contribution in [0, 0.1) is 0 Å². The highest BCUT2D eigenvalue weighted by Crippen LogP contribution is 2.31. The van der Waals surface area contributed by atoms with Crippen LogP contribution < -0.4 is 0 Å². The van der Waals surface area contributed by atoms with Crippen molar-refractivity contribution in [2.45, 2.75) is 19.3 Å². The van der Waals surface area contributed by atoms with E-state index in [4.69, 9.17) is 27.9 Å². The Morgan fingerprint density at radius 1 is 1.00 bits per heavy atom. The third-order valence-corrected chi connectivity index (χ3v) is 3.92. The van der Waals surface area contributed by atoms with E-state index in [0.29, 0.717) is 12.0 Å². The minimum absolute atomic E-state index is 0.137. The van der Waals surface area contributed by atoms with E-state index in [9.17, 15) is 9.59 Å². The highest BCUT2D eigenvalue weighted by molar-refractivity contribution is 6.40. The van der Waals surface area contributed by atoms with Crippen molar-refractivity contribution >= 4 is 35.0 Å². The van der Waals surface area contributed by atoms with Crippen LogP contribution in [0.1, 0.15) is 35.2 Å². The number of hydrogen-bond acceptors (Lipinski definition) is 3. The molecule has 2 aromatic carbocycles. The Hall–Kier alpha value is -1.84. The van der Waals surface area contributed by atoms with Crippen LogP contribution >= 0.6 is 23.2 Å². The molecule has 2 rings (SSSR count). The van der Waals surface area contributed by atoms with Gasteiger partial charge in [0.15, 0.2) is 5.78 Å². The van der Waals surface area contributed by atoms with Crippen LogP contribution in [0.2, 0.25) is 10.0 Å². The molecule has 0 aliphatic carbocycles. The third-order valence-electron chi connectivity index (χ3n) is 3.29. The van der Waals surface area contributed by atoms with Gasteiger partial charge in [-0.3, -0.25) is 9.59 Å². The fourth-order valence-corrected chi connectivity index (χ4v) is 2.79. The van der Waals surface area contributed by atoms with E-state index in [2.05, 4.69) is 0 Å². The van der Waals surface area contributed by atoms with Gasteiger partial charge in [0.25, 0.3) is 0 Å². The number of ether oxygens (including phenoxy) is 1. The highest BCUT2D eigenvalue weighted by atomic mass is 35.5. The zero-order chi connectivity index (χ0) is 16.8. The van der Waals surface area contributed by atoms with Crippen molar-refractivity contribution in [3.63, 3.8) is 0 Å². The summed E-state index contributed by atoms with van der Waals surface area (Å²) in [5, 5.41) is 0.429. The Morgan fingerprint density at radius 3 is 2.17 bits per heavy atom. The molecule has 0 aliphatic rings. The molecule has 1 unspecified atom stereocenters. The maximum atomic E-state index is 12.9. The second-order valence-corrected chi connectivity index (χ2v) is 5.79. The number of benzene rings is 2. The predicted molar refractivity (Wildman–Crippen MR) is 91.2 cm³/mol. The van der Waals surface area contributed by atoms with Crippen LogP contribution in [0.5, 0.6) is 0 Å². The lowest BCUT2D eigenvalue weighted by molar-refractivity contribution is -0.144. The van der Waals surface area contributed by atoms with Crippen molar-refractivity contribution in [1.82, 2.24) is 0 Å². The summed E-state index contributed by atoms with van der Waals surface area (Å²) in [5.74, 6) is -2.15. The highest BCUT2D eigenvalue weighted by Gasteiger charge is 2.33. The van der Waals surface area contributed by atoms with Gasteiger partial charge in [-0.2, -0.15) is 0 Å². The molecule has 0 N–H and O–H groups in total. The van der Waals surface area contributed by atoms with E-state index in [1.807, 2.05) is 13.0 Å². The molecule has 0 saturated heterocycles. The normalized spacial score (nSPS) is 11.8. The van der Waals surface area contributed by atoms with Crippen molar-refractivity contribution in [3.8, 4) is 0 Å². The molecule has 0 aliphatic heterocycles. The average molecular weight is 351 g/mol.